The smallest absolute Gasteiger partial charge is 0.0107 e. The molecule has 2 heteroatoms. The highest BCUT2D eigenvalue weighted by molar-refractivity contribution is 4.85. The molecule has 2 aliphatic carbocycles. The second-order valence-electron chi connectivity index (χ2n) is 6.58. The summed E-state index contributed by atoms with van der Waals surface area (Å²) in [7, 11) is 2.34. The van der Waals surface area contributed by atoms with E-state index < -0.39 is 0 Å². The van der Waals surface area contributed by atoms with Crippen LogP contribution in [0.3, 0.4) is 0 Å². The molecule has 2 aliphatic rings. The van der Waals surface area contributed by atoms with Gasteiger partial charge in [0, 0.05) is 19.1 Å². The Balaban J connectivity index is 1.70. The van der Waals surface area contributed by atoms with E-state index in [9.17, 15) is 0 Å². The molecule has 0 aromatic carbocycles. The zero-order valence-corrected chi connectivity index (χ0v) is 12.5. The monoisotopic (exact) mass is 252 g/mol. The minimum Gasteiger partial charge on any atom is -0.314 e. The third-order valence-corrected chi connectivity index (χ3v) is 4.97. The van der Waals surface area contributed by atoms with E-state index in [1.165, 1.54) is 64.5 Å². The minimum atomic E-state index is 0.795. The van der Waals surface area contributed by atoms with Crippen LogP contribution in [0.2, 0.25) is 0 Å². The van der Waals surface area contributed by atoms with E-state index in [1.807, 2.05) is 0 Å². The van der Waals surface area contributed by atoms with Crippen molar-refractivity contribution in [2.24, 2.45) is 11.8 Å². The fraction of sp³-hybridized carbons (Fsp3) is 1.00. The van der Waals surface area contributed by atoms with Gasteiger partial charge in [0.25, 0.3) is 0 Å². The molecule has 0 radical (unpaired) electrons. The lowest BCUT2D eigenvalue weighted by Gasteiger charge is -2.30. The molecule has 2 atom stereocenters. The lowest BCUT2D eigenvalue weighted by Crippen LogP contribution is -2.39. The fourth-order valence-corrected chi connectivity index (χ4v) is 4.07. The van der Waals surface area contributed by atoms with Gasteiger partial charge in [-0.3, -0.25) is 0 Å². The van der Waals surface area contributed by atoms with Gasteiger partial charge < -0.3 is 10.2 Å². The molecule has 0 aliphatic heterocycles. The van der Waals surface area contributed by atoms with Crippen molar-refractivity contribution in [1.82, 2.24) is 10.2 Å². The molecule has 18 heavy (non-hydrogen) atoms. The van der Waals surface area contributed by atoms with E-state index in [0.29, 0.717) is 0 Å². The van der Waals surface area contributed by atoms with Crippen molar-refractivity contribution in [1.29, 1.82) is 0 Å². The van der Waals surface area contributed by atoms with Gasteiger partial charge in [0.15, 0.2) is 0 Å². The Morgan fingerprint density at radius 2 is 1.72 bits per heavy atom. The molecule has 1 N–H and O–H groups in total. The standard InChI is InChI=1S/C16H32N2/c1-3-17-16-11-7-10-15(16)13-18(2)12-14-8-5-4-6-9-14/h14-17H,3-13H2,1-2H3. The van der Waals surface area contributed by atoms with Crippen molar-refractivity contribution >= 4 is 0 Å². The summed E-state index contributed by atoms with van der Waals surface area (Å²) in [4.78, 5) is 2.62. The van der Waals surface area contributed by atoms with Crippen LogP contribution < -0.4 is 5.32 Å². The number of rotatable bonds is 6. The molecular weight excluding hydrogens is 220 g/mol. The zero-order chi connectivity index (χ0) is 12.8. The first kappa shape index (κ1) is 14.3. The van der Waals surface area contributed by atoms with Gasteiger partial charge in [0.05, 0.1) is 0 Å². The van der Waals surface area contributed by atoms with Crippen molar-refractivity contribution in [3.05, 3.63) is 0 Å². The topological polar surface area (TPSA) is 15.3 Å². The van der Waals surface area contributed by atoms with Crippen LogP contribution in [0.15, 0.2) is 0 Å². The average molecular weight is 252 g/mol. The summed E-state index contributed by atoms with van der Waals surface area (Å²) in [5, 5.41) is 3.68. The molecule has 0 heterocycles. The molecule has 0 amide bonds. The number of nitrogens with zero attached hydrogens (tertiary/aromatic N) is 1. The maximum atomic E-state index is 3.68. The van der Waals surface area contributed by atoms with Crippen LogP contribution in [0.4, 0.5) is 0 Å². The Labute approximate surface area is 114 Å². The predicted octanol–water partition coefficient (Wildman–Crippen LogP) is 3.28. The molecular formula is C16H32N2. The van der Waals surface area contributed by atoms with E-state index in [1.54, 1.807) is 0 Å². The highest BCUT2D eigenvalue weighted by Gasteiger charge is 2.27. The molecule has 0 aromatic rings. The maximum absolute atomic E-state index is 3.68. The molecule has 2 nitrogen and oxygen atoms in total. The number of hydrogen-bond acceptors (Lipinski definition) is 2. The van der Waals surface area contributed by atoms with E-state index >= 15 is 0 Å². The molecule has 2 saturated carbocycles. The first-order chi connectivity index (χ1) is 8.79. The van der Waals surface area contributed by atoms with E-state index in [0.717, 1.165) is 24.4 Å². The summed E-state index contributed by atoms with van der Waals surface area (Å²) < 4.78 is 0. The van der Waals surface area contributed by atoms with Crippen LogP contribution in [0.1, 0.15) is 58.3 Å². The third-order valence-electron chi connectivity index (χ3n) is 4.97. The highest BCUT2D eigenvalue weighted by Crippen LogP contribution is 2.28. The van der Waals surface area contributed by atoms with Gasteiger partial charge in [-0.15, -0.1) is 0 Å². The summed E-state index contributed by atoms with van der Waals surface area (Å²) >= 11 is 0. The maximum Gasteiger partial charge on any atom is 0.0107 e. The Hall–Kier alpha value is -0.0800. The molecule has 2 rings (SSSR count). The Morgan fingerprint density at radius 3 is 2.44 bits per heavy atom. The second kappa shape index (κ2) is 7.49. The minimum absolute atomic E-state index is 0.795. The van der Waals surface area contributed by atoms with Crippen LogP contribution in [0.25, 0.3) is 0 Å². The van der Waals surface area contributed by atoms with Gasteiger partial charge in [0.2, 0.25) is 0 Å². The van der Waals surface area contributed by atoms with Crippen molar-refractivity contribution in [2.75, 3.05) is 26.7 Å². The Bertz CT molecular complexity index is 223. The van der Waals surface area contributed by atoms with Gasteiger partial charge in [-0.1, -0.05) is 32.6 Å². The first-order valence-electron chi connectivity index (χ1n) is 8.21. The van der Waals surface area contributed by atoms with Crippen LogP contribution in [-0.2, 0) is 0 Å². The fourth-order valence-electron chi connectivity index (χ4n) is 4.07. The zero-order valence-electron chi connectivity index (χ0n) is 12.5. The Morgan fingerprint density at radius 1 is 0.944 bits per heavy atom. The molecule has 0 spiro atoms. The molecule has 106 valence electrons. The molecule has 0 aromatic heterocycles. The highest BCUT2D eigenvalue weighted by atomic mass is 15.1. The van der Waals surface area contributed by atoms with E-state index in [-0.39, 0.29) is 0 Å². The Kier molecular flexibility index (Phi) is 5.97. The largest absolute Gasteiger partial charge is 0.314 e. The van der Waals surface area contributed by atoms with Crippen molar-refractivity contribution in [3.63, 3.8) is 0 Å². The molecule has 2 fully saturated rings. The summed E-state index contributed by atoms with van der Waals surface area (Å²) in [6, 6.07) is 0.795. The summed E-state index contributed by atoms with van der Waals surface area (Å²) in [6.07, 6.45) is 11.6. The second-order valence-corrected chi connectivity index (χ2v) is 6.58. The van der Waals surface area contributed by atoms with Crippen LogP contribution >= 0.6 is 0 Å². The van der Waals surface area contributed by atoms with Crippen LogP contribution in [0, 0.1) is 11.8 Å². The van der Waals surface area contributed by atoms with Gasteiger partial charge in [0.1, 0.15) is 0 Å². The van der Waals surface area contributed by atoms with Crippen molar-refractivity contribution < 1.29 is 0 Å². The van der Waals surface area contributed by atoms with E-state index in [4.69, 9.17) is 0 Å². The molecule has 0 saturated heterocycles. The van der Waals surface area contributed by atoms with Crippen LogP contribution in [0.5, 0.6) is 0 Å². The van der Waals surface area contributed by atoms with Crippen molar-refractivity contribution in [2.45, 2.75) is 64.3 Å². The average Bonchev–Trinajstić information content (AvgIpc) is 2.78. The SMILES string of the molecule is CCNC1CCCC1CN(C)CC1CCCCC1. The third kappa shape index (κ3) is 4.24. The normalized spacial score (nSPS) is 30.2. The summed E-state index contributed by atoms with van der Waals surface area (Å²) in [6.45, 7) is 6.03. The summed E-state index contributed by atoms with van der Waals surface area (Å²) in [5.74, 6) is 1.89. The van der Waals surface area contributed by atoms with Gasteiger partial charge in [-0.05, 0) is 51.1 Å². The van der Waals surface area contributed by atoms with Crippen LogP contribution in [-0.4, -0.2) is 37.6 Å². The first-order valence-corrected chi connectivity index (χ1v) is 8.21. The van der Waals surface area contributed by atoms with E-state index in [2.05, 4.69) is 24.2 Å². The summed E-state index contributed by atoms with van der Waals surface area (Å²) in [5.41, 5.74) is 0. The van der Waals surface area contributed by atoms with Gasteiger partial charge >= 0.3 is 0 Å². The quantitative estimate of drug-likeness (QED) is 0.780. The lowest BCUT2D eigenvalue weighted by molar-refractivity contribution is 0.197. The molecule has 2 unspecified atom stereocenters. The van der Waals surface area contributed by atoms with Gasteiger partial charge in [-0.25, -0.2) is 0 Å². The number of nitrogens with one attached hydrogen (secondary N) is 1. The molecule has 0 bridgehead atoms. The lowest BCUT2D eigenvalue weighted by atomic mass is 9.89. The van der Waals surface area contributed by atoms with Crippen molar-refractivity contribution in [3.8, 4) is 0 Å². The van der Waals surface area contributed by atoms with Gasteiger partial charge in [-0.2, -0.15) is 0 Å². The number of hydrogen-bond donors (Lipinski definition) is 1. The predicted molar refractivity (Wildman–Crippen MR) is 78.9 cm³/mol.